The number of hydrogen-bond acceptors (Lipinski definition) is 5. The fraction of sp³-hybridized carbons (Fsp3) is 1.00. The Morgan fingerprint density at radius 1 is 0.870 bits per heavy atom. The van der Waals surface area contributed by atoms with E-state index in [1.807, 2.05) is 0 Å². The van der Waals surface area contributed by atoms with Gasteiger partial charge in [-0.1, -0.05) is 0 Å². The number of ether oxygens (including phenoxy) is 1. The van der Waals surface area contributed by atoms with E-state index in [0.717, 1.165) is 18.4 Å². The third kappa shape index (κ3) is 9.01. The number of rotatable bonds is 7. The zero-order valence-corrected chi connectivity index (χ0v) is 20.7. The van der Waals surface area contributed by atoms with Gasteiger partial charge in [-0.3, -0.25) is 0 Å². The van der Waals surface area contributed by atoms with Crippen molar-refractivity contribution in [1.29, 1.82) is 0 Å². The molecule has 23 heavy (non-hydrogen) atoms. The van der Waals surface area contributed by atoms with Gasteiger partial charge in [0.2, 0.25) is 0 Å². The summed E-state index contributed by atoms with van der Waals surface area (Å²) in [5.74, 6) is 0.760. The molecule has 3 unspecified atom stereocenters. The van der Waals surface area contributed by atoms with Gasteiger partial charge in [0, 0.05) is 67.2 Å². The summed E-state index contributed by atoms with van der Waals surface area (Å²) in [4.78, 5) is 0. The van der Waals surface area contributed by atoms with Crippen molar-refractivity contribution in [2.24, 2.45) is 5.92 Å². The Balaban J connectivity index is 0.000000599. The predicted molar refractivity (Wildman–Crippen MR) is 92.6 cm³/mol. The van der Waals surface area contributed by atoms with Crippen molar-refractivity contribution in [3.63, 3.8) is 0 Å². The van der Waals surface area contributed by atoms with E-state index in [1.165, 1.54) is 19.3 Å². The molecule has 1 aliphatic carbocycles. The number of hydrogen-bond donors (Lipinski definition) is 0. The van der Waals surface area contributed by atoms with Crippen LogP contribution in [0, 0.1) is 5.92 Å². The van der Waals surface area contributed by atoms with E-state index in [0.29, 0.717) is 12.2 Å². The number of epoxide rings is 1. The molecule has 2 aliphatic rings. The smallest absolute Gasteiger partial charge is 0.421 e. The molecule has 5 nitrogen and oxygen atoms in total. The molecule has 0 aromatic rings. The van der Waals surface area contributed by atoms with Gasteiger partial charge in [-0.05, 0) is 51.2 Å². The Morgan fingerprint density at radius 2 is 1.39 bits per heavy atom. The molecule has 0 aromatic carbocycles. The standard InChI is InChI=1S/C11H22O4Si.C4H12OSi.Y/c1-12-16(13-2,14-3)7-6-9-4-5-10-11(8-9)15-10;1-5-6(2,3)4;/h9-11H,4-8H2,1-3H3;1-4H3;. The molecule has 0 amide bonds. The van der Waals surface area contributed by atoms with E-state index in [1.54, 1.807) is 28.4 Å². The molecule has 1 saturated heterocycles. The summed E-state index contributed by atoms with van der Waals surface area (Å²) in [6, 6.07) is 0.915. The Morgan fingerprint density at radius 3 is 1.78 bits per heavy atom. The molecule has 0 aromatic heterocycles. The summed E-state index contributed by atoms with van der Waals surface area (Å²) in [7, 11) is 3.33. The Hall–Kier alpha value is 1.34. The first kappa shape index (κ1) is 24.3. The molecule has 8 heteroatoms. The normalized spacial score (nSPS) is 26.5. The second-order valence-electron chi connectivity index (χ2n) is 7.04. The van der Waals surface area contributed by atoms with Crippen LogP contribution in [0.15, 0.2) is 0 Å². The average Bonchev–Trinajstić information content (AvgIpc) is 3.28. The van der Waals surface area contributed by atoms with Gasteiger partial charge < -0.3 is 22.4 Å². The summed E-state index contributed by atoms with van der Waals surface area (Å²) in [5, 5.41) is 0. The summed E-state index contributed by atoms with van der Waals surface area (Å²) < 4.78 is 26.9. The molecule has 1 radical (unpaired) electrons. The van der Waals surface area contributed by atoms with Crippen LogP contribution >= 0.6 is 0 Å². The zero-order valence-electron chi connectivity index (χ0n) is 15.9. The van der Waals surface area contributed by atoms with Gasteiger partial charge in [0.05, 0.1) is 12.2 Å². The van der Waals surface area contributed by atoms with Crippen LogP contribution in [-0.4, -0.2) is 57.8 Å². The second kappa shape index (κ2) is 11.1. The van der Waals surface area contributed by atoms with Gasteiger partial charge in [-0.2, -0.15) is 0 Å². The maximum absolute atomic E-state index is 5.54. The summed E-state index contributed by atoms with van der Waals surface area (Å²) in [5.41, 5.74) is 0. The maximum Gasteiger partial charge on any atom is 0.500 e. The van der Waals surface area contributed by atoms with Crippen LogP contribution in [0.2, 0.25) is 25.7 Å². The molecule has 3 atom stereocenters. The third-order valence-electron chi connectivity index (χ3n) is 4.52. The van der Waals surface area contributed by atoms with E-state index in [4.69, 9.17) is 22.4 Å². The van der Waals surface area contributed by atoms with E-state index in [-0.39, 0.29) is 32.7 Å². The van der Waals surface area contributed by atoms with Crippen LogP contribution in [0.5, 0.6) is 0 Å². The van der Waals surface area contributed by atoms with Crippen molar-refractivity contribution in [3.05, 3.63) is 0 Å². The molecule has 135 valence electrons. The SMILES string of the molecule is CO[Si](C)(C)C.CO[Si](CCC1CCC2OC2C1)(OC)OC.[Y]. The average molecular weight is 440 g/mol. The minimum atomic E-state index is -2.35. The quantitative estimate of drug-likeness (QED) is 0.450. The zero-order chi connectivity index (χ0) is 16.8. The van der Waals surface area contributed by atoms with E-state index < -0.39 is 17.1 Å². The second-order valence-corrected chi connectivity index (χ2v) is 14.8. The summed E-state index contributed by atoms with van der Waals surface area (Å²) in [6.45, 7) is 6.48. The van der Waals surface area contributed by atoms with Crippen LogP contribution in [0.25, 0.3) is 0 Å². The fourth-order valence-corrected chi connectivity index (χ4v) is 4.56. The van der Waals surface area contributed by atoms with Crippen LogP contribution in [0.1, 0.15) is 25.7 Å². The summed E-state index contributed by atoms with van der Waals surface area (Å²) >= 11 is 0. The van der Waals surface area contributed by atoms with Gasteiger partial charge in [0.1, 0.15) is 0 Å². The first-order chi connectivity index (χ1) is 10.3. The molecule has 0 bridgehead atoms. The molecule has 0 spiro atoms. The van der Waals surface area contributed by atoms with Gasteiger partial charge in [-0.25, -0.2) is 0 Å². The molecule has 1 saturated carbocycles. The van der Waals surface area contributed by atoms with E-state index in [9.17, 15) is 0 Å². The molecule has 0 N–H and O–H groups in total. The van der Waals surface area contributed by atoms with Crippen molar-refractivity contribution >= 4 is 17.1 Å². The van der Waals surface area contributed by atoms with Gasteiger partial charge >= 0.3 is 8.80 Å². The molecule has 1 aliphatic heterocycles. The maximum atomic E-state index is 5.54. The Labute approximate surface area is 169 Å². The van der Waals surface area contributed by atoms with Crippen molar-refractivity contribution in [2.45, 2.75) is 63.6 Å². The van der Waals surface area contributed by atoms with E-state index in [2.05, 4.69) is 19.6 Å². The Kier molecular flexibility index (Phi) is 11.8. The van der Waals surface area contributed by atoms with E-state index >= 15 is 0 Å². The van der Waals surface area contributed by atoms with Crippen LogP contribution < -0.4 is 0 Å². The largest absolute Gasteiger partial charge is 0.500 e. The molecular weight excluding hydrogens is 405 g/mol. The van der Waals surface area contributed by atoms with Crippen LogP contribution in [0.4, 0.5) is 0 Å². The number of fused-ring (bicyclic) bond motifs is 1. The Bertz CT molecular complexity index is 315. The summed E-state index contributed by atoms with van der Waals surface area (Å²) in [6.07, 6.45) is 6.01. The minimum Gasteiger partial charge on any atom is -0.421 e. The van der Waals surface area contributed by atoms with Crippen LogP contribution in [0.3, 0.4) is 0 Å². The van der Waals surface area contributed by atoms with Crippen LogP contribution in [-0.2, 0) is 55.2 Å². The molecule has 2 fully saturated rings. The van der Waals surface area contributed by atoms with Gasteiger partial charge in [0.25, 0.3) is 0 Å². The molecule has 1 heterocycles. The monoisotopic (exact) mass is 439 g/mol. The first-order valence-electron chi connectivity index (χ1n) is 8.15. The van der Waals surface area contributed by atoms with Crippen molar-refractivity contribution in [2.75, 3.05) is 28.4 Å². The minimum absolute atomic E-state index is 0. The molecule has 2 rings (SSSR count). The van der Waals surface area contributed by atoms with Crippen molar-refractivity contribution < 1.29 is 55.2 Å². The van der Waals surface area contributed by atoms with Gasteiger partial charge in [-0.15, -0.1) is 0 Å². The van der Waals surface area contributed by atoms with Gasteiger partial charge in [0.15, 0.2) is 8.32 Å². The third-order valence-corrected chi connectivity index (χ3v) is 8.51. The van der Waals surface area contributed by atoms with Crippen molar-refractivity contribution in [3.8, 4) is 0 Å². The fourth-order valence-electron chi connectivity index (χ4n) is 2.69. The topological polar surface area (TPSA) is 49.5 Å². The molecular formula is C15H34O5Si2Y. The van der Waals surface area contributed by atoms with Crippen molar-refractivity contribution in [1.82, 2.24) is 0 Å². The first-order valence-corrected chi connectivity index (χ1v) is 13.5. The predicted octanol–water partition coefficient (Wildman–Crippen LogP) is 3.29.